The van der Waals surface area contributed by atoms with Crippen molar-refractivity contribution in [2.45, 2.75) is 38.3 Å². The molecule has 0 bridgehead atoms. The Balaban J connectivity index is 1.33. The Hall–Kier alpha value is -1.98. The van der Waals surface area contributed by atoms with E-state index in [1.54, 1.807) is 0 Å². The van der Waals surface area contributed by atoms with Crippen molar-refractivity contribution >= 4 is 23.4 Å². The molecule has 27 heavy (non-hydrogen) atoms. The summed E-state index contributed by atoms with van der Waals surface area (Å²) in [5, 5.41) is 6.59. The molecule has 2 N–H and O–H groups in total. The van der Waals surface area contributed by atoms with Gasteiger partial charge < -0.3 is 15.4 Å². The summed E-state index contributed by atoms with van der Waals surface area (Å²) in [6, 6.07) is 18.4. The highest BCUT2D eigenvalue weighted by molar-refractivity contribution is 7.99. The number of hydrogen-bond acceptors (Lipinski definition) is 4. The Morgan fingerprint density at radius 1 is 1.04 bits per heavy atom. The van der Waals surface area contributed by atoms with E-state index in [1.165, 1.54) is 29.9 Å². The molecule has 1 fully saturated rings. The third-order valence-corrected chi connectivity index (χ3v) is 5.66. The summed E-state index contributed by atoms with van der Waals surface area (Å²) in [6.07, 6.45) is 3.66. The van der Waals surface area contributed by atoms with Crippen LogP contribution in [0.2, 0.25) is 0 Å². The van der Waals surface area contributed by atoms with Crippen molar-refractivity contribution in [2.75, 3.05) is 23.4 Å². The van der Waals surface area contributed by atoms with Gasteiger partial charge in [0.1, 0.15) is 5.75 Å². The number of ether oxygens (including phenoxy) is 1. The van der Waals surface area contributed by atoms with Gasteiger partial charge >= 0.3 is 0 Å². The van der Waals surface area contributed by atoms with E-state index in [1.807, 2.05) is 54.2 Å². The summed E-state index contributed by atoms with van der Waals surface area (Å²) >= 11 is 2.05. The number of benzene rings is 2. The van der Waals surface area contributed by atoms with E-state index in [2.05, 4.69) is 22.8 Å². The first-order valence-electron chi connectivity index (χ1n) is 9.67. The summed E-state index contributed by atoms with van der Waals surface area (Å²) in [4.78, 5) is 12.1. The minimum Gasteiger partial charge on any atom is -0.494 e. The molecule has 1 aliphatic heterocycles. The quantitative estimate of drug-likeness (QED) is 0.626. The molecule has 144 valence electrons. The average Bonchev–Trinajstić information content (AvgIpc) is 2.72. The second-order valence-corrected chi connectivity index (χ2v) is 8.00. The molecular formula is C22H28N2O2S. The molecule has 1 saturated heterocycles. The predicted octanol–water partition coefficient (Wildman–Crippen LogP) is 4.47. The highest BCUT2D eigenvalue weighted by atomic mass is 32.2. The number of anilines is 1. The Morgan fingerprint density at radius 3 is 2.52 bits per heavy atom. The van der Waals surface area contributed by atoms with E-state index in [-0.39, 0.29) is 5.91 Å². The van der Waals surface area contributed by atoms with Crippen LogP contribution in [0.3, 0.4) is 0 Å². The predicted molar refractivity (Wildman–Crippen MR) is 113 cm³/mol. The smallest absolute Gasteiger partial charge is 0.224 e. The topological polar surface area (TPSA) is 50.4 Å². The van der Waals surface area contributed by atoms with Gasteiger partial charge in [0.05, 0.1) is 6.61 Å². The Bertz CT molecular complexity index is 685. The maximum atomic E-state index is 12.1. The first-order chi connectivity index (χ1) is 13.3. The third kappa shape index (κ3) is 7.27. The molecular weight excluding hydrogens is 356 g/mol. The maximum absolute atomic E-state index is 12.1. The lowest BCUT2D eigenvalue weighted by Crippen LogP contribution is -2.32. The molecule has 0 saturated carbocycles. The van der Waals surface area contributed by atoms with Crippen LogP contribution in [0.1, 0.15) is 31.2 Å². The maximum Gasteiger partial charge on any atom is 0.224 e. The van der Waals surface area contributed by atoms with Crippen molar-refractivity contribution in [1.82, 2.24) is 5.32 Å². The van der Waals surface area contributed by atoms with Crippen molar-refractivity contribution < 1.29 is 9.53 Å². The molecule has 2 aromatic rings. The van der Waals surface area contributed by atoms with E-state index in [0.29, 0.717) is 25.5 Å². The van der Waals surface area contributed by atoms with Gasteiger partial charge in [-0.15, -0.1) is 0 Å². The number of para-hydroxylation sites is 1. The van der Waals surface area contributed by atoms with E-state index in [4.69, 9.17) is 4.74 Å². The summed E-state index contributed by atoms with van der Waals surface area (Å²) in [6.45, 7) is 1.43. The average molecular weight is 385 g/mol. The van der Waals surface area contributed by atoms with Crippen molar-refractivity contribution in [2.24, 2.45) is 0 Å². The van der Waals surface area contributed by atoms with Gasteiger partial charge in [-0.25, -0.2) is 0 Å². The van der Waals surface area contributed by atoms with Gasteiger partial charge in [-0.05, 0) is 60.6 Å². The number of rotatable bonds is 9. The van der Waals surface area contributed by atoms with Gasteiger partial charge in [0.25, 0.3) is 0 Å². The lowest BCUT2D eigenvalue weighted by Gasteiger charge is -2.22. The summed E-state index contributed by atoms with van der Waals surface area (Å²) < 4.78 is 5.61. The first-order valence-corrected chi connectivity index (χ1v) is 10.8. The fourth-order valence-corrected chi connectivity index (χ4v) is 4.14. The second-order valence-electron chi connectivity index (χ2n) is 6.78. The summed E-state index contributed by atoms with van der Waals surface area (Å²) in [5.74, 6) is 3.39. The third-order valence-electron chi connectivity index (χ3n) is 4.61. The van der Waals surface area contributed by atoms with Gasteiger partial charge in [0, 0.05) is 24.7 Å². The van der Waals surface area contributed by atoms with Crippen LogP contribution >= 0.6 is 11.8 Å². The van der Waals surface area contributed by atoms with Crippen LogP contribution in [0, 0.1) is 0 Å². The van der Waals surface area contributed by atoms with E-state index in [0.717, 1.165) is 18.0 Å². The number of amides is 1. The van der Waals surface area contributed by atoms with Crippen LogP contribution in [0.25, 0.3) is 0 Å². The highest BCUT2D eigenvalue weighted by Gasteiger charge is 2.12. The Labute approximate surface area is 166 Å². The molecule has 0 aromatic heterocycles. The van der Waals surface area contributed by atoms with Crippen LogP contribution in [0.4, 0.5) is 5.69 Å². The Kier molecular flexibility index (Phi) is 8.05. The number of carbonyl (C=O) groups is 1. The standard InChI is InChI=1S/C22H28N2O2S/c25-22(7-4-14-26-21-5-2-1-3-6-21)24-20-10-8-18(9-11-20)17-23-19-12-15-27-16-13-19/h1-3,5-6,8-11,19,23H,4,7,12-17H2,(H,24,25). The lowest BCUT2D eigenvalue weighted by atomic mass is 10.1. The summed E-state index contributed by atoms with van der Waals surface area (Å²) in [5.41, 5.74) is 2.10. The number of carbonyl (C=O) groups excluding carboxylic acids is 1. The van der Waals surface area contributed by atoms with Crippen LogP contribution in [-0.4, -0.2) is 30.1 Å². The van der Waals surface area contributed by atoms with Gasteiger partial charge in [-0.3, -0.25) is 4.79 Å². The zero-order valence-electron chi connectivity index (χ0n) is 15.7. The van der Waals surface area contributed by atoms with Crippen molar-refractivity contribution in [3.8, 4) is 5.75 Å². The SMILES string of the molecule is O=C(CCCOc1ccccc1)Nc1ccc(CNC2CCSCC2)cc1. The molecule has 0 radical (unpaired) electrons. The monoisotopic (exact) mass is 384 g/mol. The zero-order valence-corrected chi connectivity index (χ0v) is 16.5. The van der Waals surface area contributed by atoms with Gasteiger partial charge in [0.15, 0.2) is 0 Å². The minimum absolute atomic E-state index is 0.0252. The van der Waals surface area contributed by atoms with Gasteiger partial charge in [0.2, 0.25) is 5.91 Å². The number of thioether (sulfide) groups is 1. The normalized spacial score (nSPS) is 14.7. The van der Waals surface area contributed by atoms with Crippen molar-refractivity contribution in [3.05, 3.63) is 60.2 Å². The zero-order chi connectivity index (χ0) is 18.7. The Morgan fingerprint density at radius 2 is 1.78 bits per heavy atom. The minimum atomic E-state index is 0.0252. The first kappa shape index (κ1) is 19.8. The number of hydrogen-bond donors (Lipinski definition) is 2. The van der Waals surface area contributed by atoms with Crippen LogP contribution < -0.4 is 15.4 Å². The molecule has 5 heteroatoms. The molecule has 2 aromatic carbocycles. The lowest BCUT2D eigenvalue weighted by molar-refractivity contribution is -0.116. The van der Waals surface area contributed by atoms with Crippen LogP contribution in [0.5, 0.6) is 5.75 Å². The molecule has 1 amide bonds. The molecule has 0 spiro atoms. The molecule has 0 atom stereocenters. The van der Waals surface area contributed by atoms with Crippen LogP contribution in [0.15, 0.2) is 54.6 Å². The molecule has 1 aliphatic rings. The molecule has 1 heterocycles. The molecule has 0 aliphatic carbocycles. The fraction of sp³-hybridized carbons (Fsp3) is 0.409. The molecule has 0 unspecified atom stereocenters. The highest BCUT2D eigenvalue weighted by Crippen LogP contribution is 2.18. The molecule has 4 nitrogen and oxygen atoms in total. The van der Waals surface area contributed by atoms with Crippen LogP contribution in [-0.2, 0) is 11.3 Å². The van der Waals surface area contributed by atoms with E-state index < -0.39 is 0 Å². The van der Waals surface area contributed by atoms with Gasteiger partial charge in [-0.2, -0.15) is 11.8 Å². The van der Waals surface area contributed by atoms with E-state index >= 15 is 0 Å². The van der Waals surface area contributed by atoms with Gasteiger partial charge in [-0.1, -0.05) is 30.3 Å². The molecule has 3 rings (SSSR count). The fourth-order valence-electron chi connectivity index (χ4n) is 3.03. The van der Waals surface area contributed by atoms with E-state index in [9.17, 15) is 4.79 Å². The van der Waals surface area contributed by atoms with Crippen molar-refractivity contribution in [1.29, 1.82) is 0 Å². The van der Waals surface area contributed by atoms with Crippen molar-refractivity contribution in [3.63, 3.8) is 0 Å². The number of nitrogens with one attached hydrogen (secondary N) is 2. The summed E-state index contributed by atoms with van der Waals surface area (Å²) in [7, 11) is 0. The largest absolute Gasteiger partial charge is 0.494 e. The second kappa shape index (κ2) is 11.0.